The van der Waals surface area contributed by atoms with Gasteiger partial charge in [0.25, 0.3) is 0 Å². The van der Waals surface area contributed by atoms with Gasteiger partial charge in [-0.1, -0.05) is 34.1 Å². The molecule has 4 nitrogen and oxygen atoms in total. The van der Waals surface area contributed by atoms with E-state index in [1.165, 1.54) is 0 Å². The van der Waals surface area contributed by atoms with Crippen LogP contribution < -0.4 is 0 Å². The van der Waals surface area contributed by atoms with E-state index in [1.54, 1.807) is 6.07 Å². The summed E-state index contributed by atoms with van der Waals surface area (Å²) in [5.41, 5.74) is 2.58. The van der Waals surface area contributed by atoms with E-state index in [2.05, 4.69) is 20.9 Å². The Kier molecular flexibility index (Phi) is 3.06. The van der Waals surface area contributed by atoms with E-state index in [0.717, 1.165) is 15.6 Å². The lowest BCUT2D eigenvalue weighted by Crippen LogP contribution is -1.97. The maximum absolute atomic E-state index is 11.3. The van der Waals surface area contributed by atoms with E-state index in [1.807, 2.05) is 47.9 Å². The summed E-state index contributed by atoms with van der Waals surface area (Å²) in [7, 11) is 0. The zero-order valence-corrected chi connectivity index (χ0v) is 12.3. The number of aromatic carboxylic acids is 1. The molecule has 0 atom stereocenters. The lowest BCUT2D eigenvalue weighted by Gasteiger charge is -2.03. The summed E-state index contributed by atoms with van der Waals surface area (Å²) in [4.78, 5) is 15.6. The lowest BCUT2D eigenvalue weighted by atomic mass is 10.2. The van der Waals surface area contributed by atoms with Crippen molar-refractivity contribution in [1.29, 1.82) is 0 Å². The first-order valence-corrected chi connectivity index (χ1v) is 6.83. The van der Waals surface area contributed by atoms with Crippen LogP contribution in [0, 0.1) is 6.92 Å². The molecule has 0 aliphatic heterocycles. The maximum atomic E-state index is 11.3. The highest BCUT2D eigenvalue weighted by molar-refractivity contribution is 9.10. The molecule has 20 heavy (non-hydrogen) atoms. The van der Waals surface area contributed by atoms with Crippen LogP contribution in [0.4, 0.5) is 0 Å². The molecule has 5 heteroatoms. The third-order valence-corrected chi connectivity index (χ3v) is 3.56. The van der Waals surface area contributed by atoms with Gasteiger partial charge >= 0.3 is 5.97 Å². The van der Waals surface area contributed by atoms with Gasteiger partial charge in [-0.15, -0.1) is 0 Å². The van der Waals surface area contributed by atoms with Crippen molar-refractivity contribution in [3.8, 4) is 11.4 Å². The number of pyridine rings is 1. The molecular weight excluding hydrogens is 320 g/mol. The molecule has 0 aliphatic carbocycles. The maximum Gasteiger partial charge on any atom is 0.356 e. The summed E-state index contributed by atoms with van der Waals surface area (Å²) in [6, 6.07) is 11.3. The zero-order valence-electron chi connectivity index (χ0n) is 10.7. The van der Waals surface area contributed by atoms with Gasteiger partial charge in [0, 0.05) is 16.2 Å². The summed E-state index contributed by atoms with van der Waals surface area (Å²) in [6.45, 7) is 1.96. The second-order valence-electron chi connectivity index (χ2n) is 4.56. The fourth-order valence-electron chi connectivity index (χ4n) is 2.18. The van der Waals surface area contributed by atoms with Crippen molar-refractivity contribution < 1.29 is 9.90 Å². The van der Waals surface area contributed by atoms with Crippen LogP contribution >= 0.6 is 15.9 Å². The Bertz CT molecular complexity index is 824. The second kappa shape index (κ2) is 4.76. The van der Waals surface area contributed by atoms with Crippen molar-refractivity contribution >= 4 is 27.4 Å². The number of rotatable bonds is 2. The third-order valence-electron chi connectivity index (χ3n) is 3.07. The number of fused-ring (bicyclic) bond motifs is 1. The van der Waals surface area contributed by atoms with E-state index in [4.69, 9.17) is 0 Å². The SMILES string of the molecule is Cc1ccc2c(C(=O)O)nc(-c3cccc(Br)c3)n2c1. The Hall–Kier alpha value is -2.14. The minimum atomic E-state index is -1.02. The van der Waals surface area contributed by atoms with Crippen molar-refractivity contribution in [1.82, 2.24) is 9.38 Å². The van der Waals surface area contributed by atoms with Gasteiger partial charge in [-0.05, 0) is 30.7 Å². The lowest BCUT2D eigenvalue weighted by molar-refractivity contribution is 0.0693. The van der Waals surface area contributed by atoms with Gasteiger partial charge in [-0.3, -0.25) is 4.40 Å². The summed E-state index contributed by atoms with van der Waals surface area (Å²) in [5.74, 6) is -0.394. The number of carboxylic acid groups (broad SMARTS) is 1. The van der Waals surface area contributed by atoms with Crippen LogP contribution in [-0.2, 0) is 0 Å². The molecule has 0 spiro atoms. The number of carboxylic acids is 1. The van der Waals surface area contributed by atoms with Crippen molar-refractivity contribution in [3.63, 3.8) is 0 Å². The quantitative estimate of drug-likeness (QED) is 0.778. The number of halogens is 1. The summed E-state index contributed by atoms with van der Waals surface area (Å²) in [6.07, 6.45) is 1.89. The predicted molar refractivity (Wildman–Crippen MR) is 80.0 cm³/mol. The van der Waals surface area contributed by atoms with Crippen LogP contribution in [-0.4, -0.2) is 20.5 Å². The monoisotopic (exact) mass is 330 g/mol. The molecule has 0 unspecified atom stereocenters. The van der Waals surface area contributed by atoms with Crippen LogP contribution in [0.25, 0.3) is 16.9 Å². The first-order valence-electron chi connectivity index (χ1n) is 6.04. The van der Waals surface area contributed by atoms with Crippen LogP contribution in [0.1, 0.15) is 16.1 Å². The number of benzene rings is 1. The van der Waals surface area contributed by atoms with Crippen LogP contribution in [0.15, 0.2) is 47.1 Å². The minimum absolute atomic E-state index is 0.0694. The summed E-state index contributed by atoms with van der Waals surface area (Å²) < 4.78 is 2.75. The van der Waals surface area contributed by atoms with Crippen LogP contribution in [0.3, 0.4) is 0 Å². The van der Waals surface area contributed by atoms with E-state index in [9.17, 15) is 9.90 Å². The van der Waals surface area contributed by atoms with Gasteiger partial charge in [0.2, 0.25) is 0 Å². The molecule has 2 aromatic heterocycles. The van der Waals surface area contributed by atoms with Gasteiger partial charge in [-0.25, -0.2) is 9.78 Å². The molecule has 0 fully saturated rings. The first kappa shape index (κ1) is 12.9. The number of hydrogen-bond acceptors (Lipinski definition) is 2. The molecule has 3 aromatic rings. The molecule has 0 aliphatic rings. The second-order valence-corrected chi connectivity index (χ2v) is 5.48. The topological polar surface area (TPSA) is 54.6 Å². The molecule has 1 aromatic carbocycles. The minimum Gasteiger partial charge on any atom is -0.476 e. The average molecular weight is 331 g/mol. The number of aryl methyl sites for hydroxylation is 1. The largest absolute Gasteiger partial charge is 0.476 e. The predicted octanol–water partition coefficient (Wildman–Crippen LogP) is 3.77. The molecule has 3 rings (SSSR count). The molecule has 1 N–H and O–H groups in total. The van der Waals surface area contributed by atoms with E-state index in [-0.39, 0.29) is 5.69 Å². The molecule has 100 valence electrons. The van der Waals surface area contributed by atoms with Gasteiger partial charge in [0.05, 0.1) is 5.52 Å². The number of aromatic nitrogens is 2. The normalized spacial score (nSPS) is 10.9. The van der Waals surface area contributed by atoms with Crippen LogP contribution in [0.2, 0.25) is 0 Å². The molecule has 0 bridgehead atoms. The Balaban J connectivity index is 2.35. The smallest absolute Gasteiger partial charge is 0.356 e. The van der Waals surface area contributed by atoms with Crippen molar-refractivity contribution in [2.24, 2.45) is 0 Å². The highest BCUT2D eigenvalue weighted by atomic mass is 79.9. The molecular formula is C15H11BrN2O2. The Morgan fingerprint density at radius 2 is 2.10 bits per heavy atom. The number of nitrogens with zero attached hydrogens (tertiary/aromatic N) is 2. The third kappa shape index (κ3) is 2.10. The van der Waals surface area contributed by atoms with Crippen molar-refractivity contribution in [3.05, 3.63) is 58.3 Å². The molecule has 0 amide bonds. The Morgan fingerprint density at radius 1 is 1.30 bits per heavy atom. The van der Waals surface area contributed by atoms with Gasteiger partial charge in [0.1, 0.15) is 5.82 Å². The van der Waals surface area contributed by atoms with Gasteiger partial charge in [-0.2, -0.15) is 0 Å². The molecule has 0 saturated heterocycles. The Morgan fingerprint density at radius 3 is 2.80 bits per heavy atom. The van der Waals surface area contributed by atoms with Crippen molar-refractivity contribution in [2.45, 2.75) is 6.92 Å². The molecule has 0 saturated carbocycles. The van der Waals surface area contributed by atoms with Crippen molar-refractivity contribution in [2.75, 3.05) is 0 Å². The number of hydrogen-bond donors (Lipinski definition) is 1. The van der Waals surface area contributed by atoms with E-state index in [0.29, 0.717) is 11.3 Å². The zero-order chi connectivity index (χ0) is 14.3. The number of carbonyl (C=O) groups is 1. The molecule has 2 heterocycles. The van der Waals surface area contributed by atoms with E-state index < -0.39 is 5.97 Å². The highest BCUT2D eigenvalue weighted by Crippen LogP contribution is 2.25. The van der Waals surface area contributed by atoms with E-state index >= 15 is 0 Å². The summed E-state index contributed by atoms with van der Waals surface area (Å²) >= 11 is 3.42. The van der Waals surface area contributed by atoms with Gasteiger partial charge in [0.15, 0.2) is 5.69 Å². The van der Waals surface area contributed by atoms with Gasteiger partial charge < -0.3 is 5.11 Å². The highest BCUT2D eigenvalue weighted by Gasteiger charge is 2.17. The summed E-state index contributed by atoms with van der Waals surface area (Å²) in [5, 5.41) is 9.28. The fourth-order valence-corrected chi connectivity index (χ4v) is 2.58. The fraction of sp³-hybridized carbons (Fsp3) is 0.0667. The first-order chi connectivity index (χ1) is 9.56. The standard InChI is InChI=1S/C15H11BrN2O2/c1-9-5-6-12-13(15(19)20)17-14(18(12)8-9)10-3-2-4-11(16)7-10/h2-8H,1H3,(H,19,20). The molecule has 0 radical (unpaired) electrons. The number of imidazole rings is 1. The Labute approximate surface area is 123 Å². The average Bonchev–Trinajstić information content (AvgIpc) is 2.77. The van der Waals surface area contributed by atoms with Crippen LogP contribution in [0.5, 0.6) is 0 Å².